The van der Waals surface area contributed by atoms with Crippen LogP contribution in [0.25, 0.3) is 0 Å². The number of carbonyl (C=O) groups excluding carboxylic acids is 1. The first-order valence-corrected chi connectivity index (χ1v) is 14.6. The van der Waals surface area contributed by atoms with Gasteiger partial charge in [-0.3, -0.25) is 9.10 Å². The SMILES string of the molecule is CCOc1ccccc1N(CC(=O)NC1CC(CC)(CC)Oc2ccccc21)S(=O)(=O)c1ccc(C)cc1. The number of fused-ring (bicyclic) bond motifs is 1. The van der Waals surface area contributed by atoms with E-state index in [1.165, 1.54) is 0 Å². The summed E-state index contributed by atoms with van der Waals surface area (Å²) in [5.74, 6) is 0.735. The predicted molar refractivity (Wildman–Crippen MR) is 149 cm³/mol. The number of para-hydroxylation sites is 3. The van der Waals surface area contributed by atoms with Crippen molar-refractivity contribution in [2.24, 2.45) is 0 Å². The third kappa shape index (κ3) is 5.65. The van der Waals surface area contributed by atoms with Crippen molar-refractivity contribution in [3.05, 3.63) is 83.9 Å². The Bertz CT molecular complexity index is 1370. The molecule has 1 aliphatic rings. The molecule has 3 aromatic rings. The second kappa shape index (κ2) is 11.5. The maximum Gasteiger partial charge on any atom is 0.264 e. The van der Waals surface area contributed by atoms with Crippen LogP contribution < -0.4 is 19.1 Å². The van der Waals surface area contributed by atoms with Gasteiger partial charge < -0.3 is 14.8 Å². The van der Waals surface area contributed by atoms with Gasteiger partial charge in [0.25, 0.3) is 10.0 Å². The Morgan fingerprint density at radius 2 is 1.66 bits per heavy atom. The van der Waals surface area contributed by atoms with Gasteiger partial charge in [-0.1, -0.05) is 61.9 Å². The normalized spacial score (nSPS) is 16.2. The number of ether oxygens (including phenoxy) is 2. The molecule has 0 aromatic heterocycles. The van der Waals surface area contributed by atoms with Gasteiger partial charge in [0.05, 0.1) is 23.2 Å². The average Bonchev–Trinajstić information content (AvgIpc) is 2.92. The van der Waals surface area contributed by atoms with Crippen molar-refractivity contribution >= 4 is 21.6 Å². The molecule has 7 nitrogen and oxygen atoms in total. The fourth-order valence-corrected chi connectivity index (χ4v) is 6.31. The van der Waals surface area contributed by atoms with Gasteiger partial charge in [-0.05, 0) is 57.0 Å². The monoisotopic (exact) mass is 536 g/mol. The molecule has 1 N–H and O–H groups in total. The average molecular weight is 537 g/mol. The highest BCUT2D eigenvalue weighted by atomic mass is 32.2. The Labute approximate surface area is 225 Å². The zero-order valence-electron chi connectivity index (χ0n) is 22.4. The number of aryl methyl sites for hydroxylation is 1. The zero-order chi connectivity index (χ0) is 27.3. The Balaban J connectivity index is 1.69. The van der Waals surface area contributed by atoms with Gasteiger partial charge in [-0.2, -0.15) is 0 Å². The molecule has 8 heteroatoms. The van der Waals surface area contributed by atoms with Gasteiger partial charge in [0.1, 0.15) is 23.6 Å². The van der Waals surface area contributed by atoms with Gasteiger partial charge in [0, 0.05) is 12.0 Å². The van der Waals surface area contributed by atoms with E-state index in [9.17, 15) is 13.2 Å². The molecule has 0 radical (unpaired) electrons. The maximum absolute atomic E-state index is 13.9. The number of carbonyl (C=O) groups is 1. The minimum absolute atomic E-state index is 0.106. The van der Waals surface area contributed by atoms with Crippen LogP contribution in [-0.4, -0.2) is 33.1 Å². The van der Waals surface area contributed by atoms with Gasteiger partial charge >= 0.3 is 0 Å². The van der Waals surface area contributed by atoms with Crippen molar-refractivity contribution in [3.8, 4) is 11.5 Å². The van der Waals surface area contributed by atoms with Crippen molar-refractivity contribution in [2.75, 3.05) is 17.5 Å². The Morgan fingerprint density at radius 1 is 1.00 bits per heavy atom. The first kappa shape index (κ1) is 27.5. The van der Waals surface area contributed by atoms with Crippen LogP contribution >= 0.6 is 0 Å². The van der Waals surface area contributed by atoms with E-state index < -0.39 is 28.1 Å². The minimum atomic E-state index is -4.07. The van der Waals surface area contributed by atoms with E-state index in [1.54, 1.807) is 48.5 Å². The van der Waals surface area contributed by atoms with Gasteiger partial charge in [-0.25, -0.2) is 8.42 Å². The smallest absolute Gasteiger partial charge is 0.264 e. The van der Waals surface area contributed by atoms with E-state index >= 15 is 0 Å². The number of hydrogen-bond donors (Lipinski definition) is 1. The molecule has 1 unspecified atom stereocenters. The fourth-order valence-electron chi connectivity index (χ4n) is 4.88. The number of nitrogens with one attached hydrogen (secondary N) is 1. The summed E-state index contributed by atoms with van der Waals surface area (Å²) in [6, 6.07) is 20.9. The molecule has 0 spiro atoms. The first-order chi connectivity index (χ1) is 18.2. The standard InChI is InChI=1S/C30H36N2O5S/c1-5-30(6-2)20-25(24-12-8-10-14-27(24)37-30)31-29(33)21-32(26-13-9-11-15-28(26)36-7-3)38(34,35)23-18-16-22(4)17-19-23/h8-19,25H,5-7,20-21H2,1-4H3,(H,31,33). The number of nitrogens with zero attached hydrogens (tertiary/aromatic N) is 1. The molecule has 1 heterocycles. The molecule has 0 saturated heterocycles. The molecule has 38 heavy (non-hydrogen) atoms. The van der Waals surface area contributed by atoms with Gasteiger partial charge in [0.2, 0.25) is 5.91 Å². The van der Waals surface area contributed by atoms with E-state index in [0.29, 0.717) is 24.5 Å². The molecule has 0 fully saturated rings. The highest BCUT2D eigenvalue weighted by Gasteiger charge is 2.39. The first-order valence-electron chi connectivity index (χ1n) is 13.1. The number of rotatable bonds is 10. The summed E-state index contributed by atoms with van der Waals surface area (Å²) in [6.07, 6.45) is 2.18. The highest BCUT2D eigenvalue weighted by Crippen LogP contribution is 2.42. The Morgan fingerprint density at radius 3 is 2.34 bits per heavy atom. The predicted octanol–water partition coefficient (Wildman–Crippen LogP) is 5.79. The number of amides is 1. The molecule has 202 valence electrons. The third-order valence-corrected chi connectivity index (χ3v) is 8.92. The second-order valence-corrected chi connectivity index (χ2v) is 11.4. The lowest BCUT2D eigenvalue weighted by atomic mass is 9.83. The summed E-state index contributed by atoms with van der Waals surface area (Å²) in [7, 11) is -4.07. The largest absolute Gasteiger partial charge is 0.492 e. The lowest BCUT2D eigenvalue weighted by Gasteiger charge is -2.41. The molecule has 0 bridgehead atoms. The molecule has 1 amide bonds. The van der Waals surface area contributed by atoms with Crippen LogP contribution in [0.15, 0.2) is 77.7 Å². The topological polar surface area (TPSA) is 84.9 Å². The lowest BCUT2D eigenvalue weighted by molar-refractivity contribution is -0.121. The molecule has 1 aliphatic heterocycles. The molecule has 1 atom stereocenters. The number of sulfonamides is 1. The lowest BCUT2D eigenvalue weighted by Crippen LogP contribution is -2.47. The summed E-state index contributed by atoms with van der Waals surface area (Å²) in [5.41, 5.74) is 1.74. The van der Waals surface area contributed by atoms with Crippen LogP contribution in [0.2, 0.25) is 0 Å². The number of benzene rings is 3. The van der Waals surface area contributed by atoms with Crippen LogP contribution in [0.5, 0.6) is 11.5 Å². The summed E-state index contributed by atoms with van der Waals surface area (Å²) >= 11 is 0. The Kier molecular flexibility index (Phi) is 8.31. The maximum atomic E-state index is 13.9. The Hall–Kier alpha value is -3.52. The molecule has 4 rings (SSSR count). The summed E-state index contributed by atoms with van der Waals surface area (Å²) < 4.78 is 41.0. The van der Waals surface area contributed by atoms with Crippen molar-refractivity contribution in [3.63, 3.8) is 0 Å². The van der Waals surface area contributed by atoms with Crippen LogP contribution in [-0.2, 0) is 14.8 Å². The van der Waals surface area contributed by atoms with E-state index in [-0.39, 0.29) is 10.9 Å². The van der Waals surface area contributed by atoms with E-state index in [1.807, 2.05) is 38.1 Å². The zero-order valence-corrected chi connectivity index (χ0v) is 23.3. The molecule has 3 aromatic carbocycles. The van der Waals surface area contributed by atoms with Crippen molar-refractivity contribution in [1.29, 1.82) is 0 Å². The quantitative estimate of drug-likeness (QED) is 0.355. The van der Waals surface area contributed by atoms with Gasteiger partial charge in [-0.15, -0.1) is 0 Å². The summed E-state index contributed by atoms with van der Waals surface area (Å²) in [5, 5.41) is 3.12. The van der Waals surface area contributed by atoms with E-state index in [0.717, 1.165) is 34.0 Å². The van der Waals surface area contributed by atoms with E-state index in [2.05, 4.69) is 19.2 Å². The fraction of sp³-hybridized carbons (Fsp3) is 0.367. The molecule has 0 saturated carbocycles. The third-order valence-electron chi connectivity index (χ3n) is 7.15. The summed E-state index contributed by atoms with van der Waals surface area (Å²) in [6.45, 7) is 7.85. The molecular formula is C30H36N2O5S. The van der Waals surface area contributed by atoms with Crippen LogP contribution in [0, 0.1) is 6.92 Å². The summed E-state index contributed by atoms with van der Waals surface area (Å²) in [4.78, 5) is 13.7. The molecule has 0 aliphatic carbocycles. The van der Waals surface area contributed by atoms with Crippen LogP contribution in [0.3, 0.4) is 0 Å². The number of anilines is 1. The second-order valence-electron chi connectivity index (χ2n) is 9.58. The minimum Gasteiger partial charge on any atom is -0.492 e. The highest BCUT2D eigenvalue weighted by molar-refractivity contribution is 7.92. The number of hydrogen-bond acceptors (Lipinski definition) is 5. The van der Waals surface area contributed by atoms with Crippen molar-refractivity contribution < 1.29 is 22.7 Å². The van der Waals surface area contributed by atoms with E-state index in [4.69, 9.17) is 9.47 Å². The van der Waals surface area contributed by atoms with Crippen molar-refractivity contribution in [2.45, 2.75) is 63.5 Å². The van der Waals surface area contributed by atoms with Crippen LogP contribution in [0.1, 0.15) is 57.2 Å². The van der Waals surface area contributed by atoms with Crippen molar-refractivity contribution in [1.82, 2.24) is 5.32 Å². The van der Waals surface area contributed by atoms with Gasteiger partial charge in [0.15, 0.2) is 0 Å². The van der Waals surface area contributed by atoms with Crippen LogP contribution in [0.4, 0.5) is 5.69 Å². The molecular weight excluding hydrogens is 500 g/mol.